The van der Waals surface area contributed by atoms with Crippen LogP contribution in [0.15, 0.2) is 23.5 Å². The molecule has 0 radical (unpaired) electrons. The van der Waals surface area contributed by atoms with Gasteiger partial charge in [0.1, 0.15) is 6.54 Å². The van der Waals surface area contributed by atoms with Crippen molar-refractivity contribution in [1.82, 2.24) is 25.3 Å². The van der Waals surface area contributed by atoms with E-state index in [0.717, 1.165) is 25.9 Å². The number of aliphatic imine (C=N–C) groups is 1. The van der Waals surface area contributed by atoms with Crippen LogP contribution in [0, 0.1) is 0 Å². The van der Waals surface area contributed by atoms with Crippen LogP contribution >= 0.6 is 24.0 Å². The van der Waals surface area contributed by atoms with Crippen molar-refractivity contribution in [1.29, 1.82) is 0 Å². The van der Waals surface area contributed by atoms with Gasteiger partial charge in [0.2, 0.25) is 5.91 Å². The zero-order valence-electron chi connectivity index (χ0n) is 14.5. The molecule has 0 aliphatic carbocycles. The van der Waals surface area contributed by atoms with E-state index in [1.165, 1.54) is 0 Å². The Balaban J connectivity index is 0.00000484. The van der Waals surface area contributed by atoms with E-state index in [9.17, 15) is 4.79 Å². The number of rotatable bonds is 8. The molecule has 0 aliphatic heterocycles. The Morgan fingerprint density at radius 3 is 2.74 bits per heavy atom. The molecule has 23 heavy (non-hydrogen) atoms. The summed E-state index contributed by atoms with van der Waals surface area (Å²) in [6.07, 6.45) is 5.65. The standard InChI is InChI=1S/C15H28N6O.HI/c1-5-13(2)19-15(17-12-14(22)20(3)4)16-8-6-10-21-11-7-9-18-21;/h7,9,11,13H,5-6,8,10,12H2,1-4H3,(H2,16,17,19);1H. The van der Waals surface area contributed by atoms with Crippen molar-refractivity contribution in [3.05, 3.63) is 18.5 Å². The Morgan fingerprint density at radius 1 is 1.43 bits per heavy atom. The predicted octanol–water partition coefficient (Wildman–Crippen LogP) is 1.31. The van der Waals surface area contributed by atoms with E-state index in [2.05, 4.69) is 34.6 Å². The molecule has 0 saturated carbocycles. The van der Waals surface area contributed by atoms with Gasteiger partial charge in [-0.3, -0.25) is 9.48 Å². The summed E-state index contributed by atoms with van der Waals surface area (Å²) in [5.41, 5.74) is 0. The molecular weight excluding hydrogens is 407 g/mol. The number of halogens is 1. The van der Waals surface area contributed by atoms with Crippen LogP contribution in [0.25, 0.3) is 0 Å². The highest BCUT2D eigenvalue weighted by atomic mass is 127. The predicted molar refractivity (Wildman–Crippen MR) is 104 cm³/mol. The van der Waals surface area contributed by atoms with Crippen molar-refractivity contribution in [2.24, 2.45) is 4.99 Å². The maximum atomic E-state index is 11.6. The monoisotopic (exact) mass is 436 g/mol. The number of amides is 1. The van der Waals surface area contributed by atoms with Crippen molar-refractivity contribution in [2.45, 2.75) is 39.3 Å². The fraction of sp³-hybridized carbons (Fsp3) is 0.667. The van der Waals surface area contributed by atoms with E-state index in [4.69, 9.17) is 0 Å². The lowest BCUT2D eigenvalue weighted by atomic mass is 10.3. The first-order chi connectivity index (χ1) is 10.5. The number of aryl methyl sites for hydroxylation is 1. The lowest BCUT2D eigenvalue weighted by molar-refractivity contribution is -0.127. The second-order valence-electron chi connectivity index (χ2n) is 5.46. The molecule has 2 N–H and O–H groups in total. The summed E-state index contributed by atoms with van der Waals surface area (Å²) < 4.78 is 1.90. The highest BCUT2D eigenvalue weighted by Gasteiger charge is 2.06. The van der Waals surface area contributed by atoms with E-state index >= 15 is 0 Å². The number of carbonyl (C=O) groups excluding carboxylic acids is 1. The molecular formula is C15H29IN6O. The number of hydrogen-bond acceptors (Lipinski definition) is 3. The van der Waals surface area contributed by atoms with E-state index in [-0.39, 0.29) is 36.4 Å². The topological polar surface area (TPSA) is 74.6 Å². The molecule has 1 amide bonds. The lowest BCUT2D eigenvalue weighted by Gasteiger charge is -2.17. The van der Waals surface area contributed by atoms with Gasteiger partial charge in [0.05, 0.1) is 0 Å². The Kier molecular flexibility index (Phi) is 11.4. The molecule has 0 spiro atoms. The van der Waals surface area contributed by atoms with Crippen LogP contribution in [0.1, 0.15) is 26.7 Å². The summed E-state index contributed by atoms with van der Waals surface area (Å²) in [6, 6.07) is 2.23. The zero-order valence-corrected chi connectivity index (χ0v) is 16.8. The quantitative estimate of drug-likeness (QED) is 0.279. The molecule has 0 saturated heterocycles. The van der Waals surface area contributed by atoms with Crippen LogP contribution in [-0.2, 0) is 11.3 Å². The number of hydrogen-bond donors (Lipinski definition) is 2. The van der Waals surface area contributed by atoms with Gasteiger partial charge in [0, 0.05) is 45.6 Å². The molecule has 0 aromatic carbocycles. The number of aromatic nitrogens is 2. The van der Waals surface area contributed by atoms with Gasteiger partial charge >= 0.3 is 0 Å². The molecule has 7 nitrogen and oxygen atoms in total. The average Bonchev–Trinajstić information content (AvgIpc) is 3.01. The molecule has 1 atom stereocenters. The van der Waals surface area contributed by atoms with Crippen LogP contribution in [0.4, 0.5) is 0 Å². The Hall–Kier alpha value is -1.32. The molecule has 0 fully saturated rings. The van der Waals surface area contributed by atoms with Gasteiger partial charge in [-0.25, -0.2) is 4.99 Å². The second-order valence-corrected chi connectivity index (χ2v) is 5.46. The zero-order chi connectivity index (χ0) is 16.4. The molecule has 8 heteroatoms. The number of likely N-dealkylation sites (N-methyl/N-ethyl adjacent to an activating group) is 1. The summed E-state index contributed by atoms with van der Waals surface area (Å²) in [4.78, 5) is 17.5. The molecule has 0 aliphatic rings. The summed E-state index contributed by atoms with van der Waals surface area (Å²) >= 11 is 0. The first kappa shape index (κ1) is 21.7. The minimum atomic E-state index is -0.0122. The Morgan fingerprint density at radius 2 is 2.17 bits per heavy atom. The first-order valence-electron chi connectivity index (χ1n) is 7.75. The molecule has 1 aromatic heterocycles. The molecule has 1 rings (SSSR count). The van der Waals surface area contributed by atoms with Crippen molar-refractivity contribution < 1.29 is 4.79 Å². The maximum Gasteiger partial charge on any atom is 0.243 e. The van der Waals surface area contributed by atoms with Gasteiger partial charge in [0.25, 0.3) is 0 Å². The van der Waals surface area contributed by atoms with Crippen LogP contribution in [0.3, 0.4) is 0 Å². The third kappa shape index (κ3) is 9.42. The number of guanidine groups is 1. The molecule has 1 aromatic rings. The Labute approximate surface area is 155 Å². The summed E-state index contributed by atoms with van der Waals surface area (Å²) in [5.74, 6) is 0.673. The Bertz CT molecular complexity index is 461. The fourth-order valence-corrected chi connectivity index (χ4v) is 1.66. The van der Waals surface area contributed by atoms with Gasteiger partial charge in [-0.1, -0.05) is 6.92 Å². The third-order valence-electron chi connectivity index (χ3n) is 3.28. The number of nitrogens with zero attached hydrogens (tertiary/aromatic N) is 4. The number of nitrogens with one attached hydrogen (secondary N) is 2. The number of carbonyl (C=O) groups is 1. The molecule has 132 valence electrons. The highest BCUT2D eigenvalue weighted by Crippen LogP contribution is 1.91. The van der Waals surface area contributed by atoms with E-state index in [0.29, 0.717) is 12.0 Å². The van der Waals surface area contributed by atoms with E-state index < -0.39 is 0 Å². The van der Waals surface area contributed by atoms with Gasteiger partial charge in [-0.2, -0.15) is 5.10 Å². The smallest absolute Gasteiger partial charge is 0.243 e. The second kappa shape index (κ2) is 12.1. The normalized spacial score (nSPS) is 12.3. The van der Waals surface area contributed by atoms with Crippen LogP contribution in [0.5, 0.6) is 0 Å². The first-order valence-corrected chi connectivity index (χ1v) is 7.75. The lowest BCUT2D eigenvalue weighted by Crippen LogP contribution is -2.43. The summed E-state index contributed by atoms with van der Waals surface area (Å²) in [5, 5.41) is 10.7. The average molecular weight is 436 g/mol. The van der Waals surface area contributed by atoms with Crippen LogP contribution in [0.2, 0.25) is 0 Å². The van der Waals surface area contributed by atoms with Crippen molar-refractivity contribution >= 4 is 35.8 Å². The minimum absolute atomic E-state index is 0. The minimum Gasteiger partial charge on any atom is -0.356 e. The summed E-state index contributed by atoms with van der Waals surface area (Å²) in [6.45, 7) is 5.98. The van der Waals surface area contributed by atoms with Gasteiger partial charge in [-0.05, 0) is 25.8 Å². The van der Waals surface area contributed by atoms with Gasteiger partial charge in [-0.15, -0.1) is 24.0 Å². The summed E-state index contributed by atoms with van der Waals surface area (Å²) in [7, 11) is 3.47. The van der Waals surface area contributed by atoms with Crippen molar-refractivity contribution in [3.63, 3.8) is 0 Å². The van der Waals surface area contributed by atoms with Crippen molar-refractivity contribution in [3.8, 4) is 0 Å². The van der Waals surface area contributed by atoms with Crippen LogP contribution in [-0.4, -0.2) is 59.8 Å². The third-order valence-corrected chi connectivity index (χ3v) is 3.28. The molecule has 1 unspecified atom stereocenters. The van der Waals surface area contributed by atoms with Crippen LogP contribution < -0.4 is 10.6 Å². The van der Waals surface area contributed by atoms with Gasteiger partial charge in [0.15, 0.2) is 5.96 Å². The van der Waals surface area contributed by atoms with Gasteiger partial charge < -0.3 is 15.5 Å². The largest absolute Gasteiger partial charge is 0.356 e. The SMILES string of the molecule is CCC(C)NC(=NCC(=O)N(C)C)NCCCn1cccn1.I. The fourth-order valence-electron chi connectivity index (χ4n) is 1.66. The molecule has 1 heterocycles. The van der Waals surface area contributed by atoms with E-state index in [1.807, 2.05) is 16.9 Å². The highest BCUT2D eigenvalue weighted by molar-refractivity contribution is 14.0. The molecule has 0 bridgehead atoms. The van der Waals surface area contributed by atoms with E-state index in [1.54, 1.807) is 25.2 Å². The van der Waals surface area contributed by atoms with Crippen molar-refractivity contribution in [2.75, 3.05) is 27.2 Å². The maximum absolute atomic E-state index is 11.6.